The lowest BCUT2D eigenvalue weighted by atomic mass is 10.3. The van der Waals surface area contributed by atoms with Crippen LogP contribution in [0, 0.1) is 7.14 Å². The van der Waals surface area contributed by atoms with Crippen molar-refractivity contribution in [1.29, 1.82) is 0 Å². The molecule has 0 saturated carbocycles. The van der Waals surface area contributed by atoms with Crippen molar-refractivity contribution < 1.29 is 44.3 Å². The number of aromatic amines is 1. The van der Waals surface area contributed by atoms with Crippen LogP contribution in [0.4, 0.5) is 13.2 Å². The molecule has 0 unspecified atom stereocenters. The van der Waals surface area contributed by atoms with Crippen molar-refractivity contribution in [2.45, 2.75) is 6.18 Å². The van der Waals surface area contributed by atoms with Crippen molar-refractivity contribution in [3.63, 3.8) is 0 Å². The van der Waals surface area contributed by atoms with Gasteiger partial charge in [0.15, 0.2) is 3.57 Å². The highest BCUT2D eigenvalue weighted by Crippen LogP contribution is 2.11. The van der Waals surface area contributed by atoms with Crippen molar-refractivity contribution in [2.75, 3.05) is 0 Å². The van der Waals surface area contributed by atoms with Gasteiger partial charge in [-0.2, -0.15) is 13.2 Å². The second-order valence-electron chi connectivity index (χ2n) is 4.36. The number of aliphatic carboxylic acids is 1. The van der Waals surface area contributed by atoms with E-state index in [1.54, 1.807) is 0 Å². The van der Waals surface area contributed by atoms with Gasteiger partial charge in [0.2, 0.25) is 3.57 Å². The van der Waals surface area contributed by atoms with Crippen LogP contribution < -0.4 is 26.3 Å². The highest BCUT2D eigenvalue weighted by molar-refractivity contribution is 5.78. The molecule has 1 aromatic heterocycles. The van der Waals surface area contributed by atoms with Crippen LogP contribution in [-0.4, -0.2) is 17.1 Å². The molecule has 0 atom stereocenters. The maximum absolute atomic E-state index is 10.5. The molecular weight excluding hydrogens is 422 g/mol. The number of alkyl halides is 3. The van der Waals surface area contributed by atoms with E-state index in [0.29, 0.717) is 0 Å². The maximum atomic E-state index is 10.5. The monoisotopic (exact) mass is 433 g/mol. The molecule has 23 heavy (non-hydrogen) atoms. The van der Waals surface area contributed by atoms with Crippen LogP contribution in [0.1, 0.15) is 0 Å². The Kier molecular flexibility index (Phi) is 5.64. The Labute approximate surface area is 140 Å². The van der Waals surface area contributed by atoms with Crippen molar-refractivity contribution in [3.05, 3.63) is 67.9 Å². The van der Waals surface area contributed by atoms with Crippen molar-refractivity contribution in [1.82, 2.24) is 4.98 Å². The van der Waals surface area contributed by atoms with E-state index in [1.807, 2.05) is 0 Å². The van der Waals surface area contributed by atoms with Gasteiger partial charge in [-0.1, -0.05) is 30.3 Å². The second kappa shape index (κ2) is 7.49. The van der Waals surface area contributed by atoms with E-state index in [4.69, 9.17) is 9.90 Å². The lowest BCUT2D eigenvalue weighted by molar-refractivity contribution is -0.595. The zero-order chi connectivity index (χ0) is 16.9. The molecule has 0 saturated heterocycles. The topological polar surface area (TPSA) is 55.9 Å². The summed E-state index contributed by atoms with van der Waals surface area (Å²) in [4.78, 5) is 12.1. The summed E-state index contributed by atoms with van der Waals surface area (Å²) in [6.45, 7) is 0. The van der Waals surface area contributed by atoms with Gasteiger partial charge in [-0.15, -0.1) is 0 Å². The number of halogens is 4. The highest BCUT2D eigenvalue weighted by atomic mass is 127. The summed E-state index contributed by atoms with van der Waals surface area (Å²) in [7, 11) is 0. The summed E-state index contributed by atoms with van der Waals surface area (Å²) in [5, 5.41) is 10.2. The first-order chi connectivity index (χ1) is 10.9. The molecule has 0 aliphatic rings. The number of carboxylic acids is 1. The minimum absolute atomic E-state index is 0.0672. The van der Waals surface area contributed by atoms with Crippen LogP contribution in [0.3, 0.4) is 0 Å². The predicted molar refractivity (Wildman–Crippen MR) is 73.2 cm³/mol. The molecule has 7 heteroatoms. The molecule has 0 spiro atoms. The number of para-hydroxylation sites is 1. The van der Waals surface area contributed by atoms with E-state index in [0.717, 1.165) is 0 Å². The minimum Gasteiger partial charge on any atom is -0.542 e. The van der Waals surface area contributed by atoms with Crippen molar-refractivity contribution >= 4 is 16.9 Å². The standard InChI is InChI=1S/C14H11IN.C2HF3O2/c1-2-6-11(7-3-1)15-13-10-16-14-9-5-4-8-12(13)14;3-2(4,5)1(6)7/h1-10,16H;(H,6,7)/q+1;/p-1. The molecule has 3 aromatic rings. The molecule has 1 N–H and O–H groups in total. The predicted octanol–water partition coefficient (Wildman–Crippen LogP) is -0.405. The normalized spacial score (nSPS) is 10.9. The Morgan fingerprint density at radius 3 is 2.17 bits per heavy atom. The number of hydrogen-bond donors (Lipinski definition) is 1. The quantitative estimate of drug-likeness (QED) is 0.560. The SMILES string of the molecule is O=C([O-])C(F)(F)F.c1ccc([I+]c2c[nH]c3ccccc23)cc1. The number of hydrogen-bond acceptors (Lipinski definition) is 2. The number of carbonyl (C=O) groups is 1. The van der Waals surface area contributed by atoms with Gasteiger partial charge >= 0.3 is 27.4 Å². The number of rotatable bonds is 2. The fourth-order valence-electron chi connectivity index (χ4n) is 1.71. The number of benzene rings is 2. The molecule has 0 amide bonds. The summed E-state index contributed by atoms with van der Waals surface area (Å²) < 4.78 is 34.5. The Bertz CT molecular complexity index is 785. The van der Waals surface area contributed by atoms with Gasteiger partial charge in [-0.25, -0.2) is 0 Å². The number of nitrogens with one attached hydrogen (secondary N) is 1. The first kappa shape index (κ1) is 17.3. The number of fused-ring (bicyclic) bond motifs is 1. The fraction of sp³-hybridized carbons (Fsp3) is 0.0625. The summed E-state index contributed by atoms with van der Waals surface area (Å²) in [5.74, 6) is -3.01. The average Bonchev–Trinajstić information content (AvgIpc) is 2.91. The molecule has 0 radical (unpaired) electrons. The maximum Gasteiger partial charge on any atom is 0.430 e. The Morgan fingerprint density at radius 2 is 1.57 bits per heavy atom. The van der Waals surface area contributed by atoms with Gasteiger partial charge < -0.3 is 14.9 Å². The Hall–Kier alpha value is -2.03. The van der Waals surface area contributed by atoms with Crippen molar-refractivity contribution in [2.24, 2.45) is 0 Å². The van der Waals surface area contributed by atoms with E-state index < -0.39 is 12.1 Å². The first-order valence-corrected chi connectivity index (χ1v) is 8.58. The Morgan fingerprint density at radius 1 is 1.00 bits per heavy atom. The number of H-pyrrole nitrogens is 1. The van der Waals surface area contributed by atoms with Gasteiger partial charge in [0.1, 0.15) is 5.97 Å². The minimum atomic E-state index is -5.19. The molecule has 0 fully saturated rings. The molecule has 120 valence electrons. The van der Waals surface area contributed by atoms with Crippen LogP contribution in [-0.2, 0) is 4.79 Å². The number of aromatic nitrogens is 1. The Balaban J connectivity index is 0.000000236. The second-order valence-corrected chi connectivity index (χ2v) is 7.30. The van der Waals surface area contributed by atoms with Gasteiger partial charge in [-0.05, 0) is 24.3 Å². The lowest BCUT2D eigenvalue weighted by Gasteiger charge is -2.03. The molecule has 3 rings (SSSR count). The summed E-state index contributed by atoms with van der Waals surface area (Å²) in [6.07, 6.45) is -3.04. The van der Waals surface area contributed by atoms with Crippen molar-refractivity contribution in [3.8, 4) is 0 Å². The zero-order valence-corrected chi connectivity index (χ0v) is 13.8. The fourth-order valence-corrected chi connectivity index (χ4v) is 4.23. The molecule has 0 aliphatic heterocycles. The van der Waals surface area contributed by atoms with E-state index in [9.17, 15) is 13.2 Å². The van der Waals surface area contributed by atoms with E-state index >= 15 is 0 Å². The van der Waals surface area contributed by atoms with Gasteiger partial charge in [0.05, 0.1) is 17.1 Å². The molecular formula is C16H11F3INO2. The van der Waals surface area contributed by atoms with Gasteiger partial charge in [-0.3, -0.25) is 0 Å². The van der Waals surface area contributed by atoms with Gasteiger partial charge in [0.25, 0.3) is 0 Å². The van der Waals surface area contributed by atoms with E-state index in [1.165, 1.54) is 18.0 Å². The third-order valence-corrected chi connectivity index (χ3v) is 5.53. The van der Waals surface area contributed by atoms with E-state index in [2.05, 4.69) is 65.8 Å². The molecule has 1 heterocycles. The van der Waals surface area contributed by atoms with Crippen LogP contribution >= 0.6 is 0 Å². The lowest BCUT2D eigenvalue weighted by Crippen LogP contribution is -3.61. The smallest absolute Gasteiger partial charge is 0.430 e. The van der Waals surface area contributed by atoms with Crippen LogP contribution in [0.2, 0.25) is 0 Å². The molecule has 3 nitrogen and oxygen atoms in total. The largest absolute Gasteiger partial charge is 0.542 e. The third-order valence-electron chi connectivity index (χ3n) is 2.71. The molecule has 2 aromatic carbocycles. The van der Waals surface area contributed by atoms with E-state index in [-0.39, 0.29) is 21.2 Å². The van der Waals surface area contributed by atoms with Crippen LogP contribution in [0.5, 0.6) is 0 Å². The van der Waals surface area contributed by atoms with Crippen LogP contribution in [0.15, 0.2) is 60.8 Å². The average molecular weight is 433 g/mol. The zero-order valence-electron chi connectivity index (χ0n) is 11.6. The molecule has 0 aliphatic carbocycles. The highest BCUT2D eigenvalue weighted by Gasteiger charge is 2.28. The number of carbonyl (C=O) groups excluding carboxylic acids is 1. The summed E-state index contributed by atoms with van der Waals surface area (Å²) >= 11 is -0.0672. The van der Waals surface area contributed by atoms with Crippen LogP contribution in [0.25, 0.3) is 10.9 Å². The third kappa shape index (κ3) is 4.98. The van der Waals surface area contributed by atoms with Gasteiger partial charge in [0, 0.05) is 0 Å². The summed E-state index contributed by atoms with van der Waals surface area (Å²) in [5.41, 5.74) is 1.24. The molecule has 0 bridgehead atoms. The summed E-state index contributed by atoms with van der Waals surface area (Å²) in [6, 6.07) is 19.2. The number of carboxylic acid groups (broad SMARTS) is 1. The first-order valence-electron chi connectivity index (χ1n) is 6.42.